The molecule has 0 aromatic heterocycles. The molecule has 2 aromatic carbocycles. The molecule has 1 N–H and O–H groups in total. The summed E-state index contributed by atoms with van der Waals surface area (Å²) in [6, 6.07) is 10.9. The summed E-state index contributed by atoms with van der Waals surface area (Å²) >= 11 is 0. The van der Waals surface area contributed by atoms with Gasteiger partial charge in [0.1, 0.15) is 0 Å². The molecule has 2 aromatic rings. The third-order valence-electron chi connectivity index (χ3n) is 3.63. The Kier molecular flexibility index (Phi) is 3.03. The van der Waals surface area contributed by atoms with E-state index in [1.54, 1.807) is 19.1 Å². The van der Waals surface area contributed by atoms with Gasteiger partial charge in [0.15, 0.2) is 0 Å². The Morgan fingerprint density at radius 3 is 2.10 bits per heavy atom. The third kappa shape index (κ3) is 1.89. The zero-order valence-corrected chi connectivity index (χ0v) is 11.2. The van der Waals surface area contributed by atoms with Gasteiger partial charge in [-0.3, -0.25) is 14.5 Å². The monoisotopic (exact) mass is 269 g/mol. The highest BCUT2D eigenvalue weighted by Crippen LogP contribution is 2.29. The molecular weight excluding hydrogens is 254 g/mol. The first-order valence-electron chi connectivity index (χ1n) is 6.65. The highest BCUT2D eigenvalue weighted by molar-refractivity contribution is 6.25. The first-order chi connectivity index (χ1) is 9.59. The van der Waals surface area contributed by atoms with Crippen molar-refractivity contribution in [2.75, 3.05) is 6.54 Å². The van der Waals surface area contributed by atoms with Gasteiger partial charge in [-0.1, -0.05) is 24.3 Å². The number of nitrogens with zero attached hydrogens (tertiary/aromatic N) is 1. The number of carbonyl (C=O) groups excluding carboxylic acids is 2. The predicted molar refractivity (Wildman–Crippen MR) is 75.6 cm³/mol. The molecule has 20 heavy (non-hydrogen) atoms. The van der Waals surface area contributed by atoms with Crippen LogP contribution >= 0.6 is 0 Å². The van der Waals surface area contributed by atoms with Crippen LogP contribution in [0.15, 0.2) is 36.4 Å². The molecular formula is C16H15NO3. The van der Waals surface area contributed by atoms with Crippen LogP contribution in [0.1, 0.15) is 34.1 Å². The zero-order valence-electron chi connectivity index (χ0n) is 11.2. The maximum absolute atomic E-state index is 12.4. The van der Waals surface area contributed by atoms with Gasteiger partial charge in [0.2, 0.25) is 0 Å². The van der Waals surface area contributed by atoms with E-state index in [-0.39, 0.29) is 18.4 Å². The van der Waals surface area contributed by atoms with Crippen molar-refractivity contribution < 1.29 is 14.7 Å². The van der Waals surface area contributed by atoms with E-state index in [2.05, 4.69) is 0 Å². The van der Waals surface area contributed by atoms with Crippen molar-refractivity contribution in [2.45, 2.75) is 19.4 Å². The van der Waals surface area contributed by atoms with Gasteiger partial charge in [-0.2, -0.15) is 0 Å². The van der Waals surface area contributed by atoms with Gasteiger partial charge >= 0.3 is 0 Å². The molecule has 0 spiro atoms. The number of hydrogen-bond donors (Lipinski definition) is 1. The van der Waals surface area contributed by atoms with Crippen LogP contribution in [0.25, 0.3) is 10.8 Å². The highest BCUT2D eigenvalue weighted by atomic mass is 16.3. The first kappa shape index (κ1) is 12.8. The molecule has 0 saturated heterocycles. The molecule has 0 fully saturated rings. The Morgan fingerprint density at radius 2 is 1.60 bits per heavy atom. The topological polar surface area (TPSA) is 57.6 Å². The normalized spacial score (nSPS) is 15.8. The minimum atomic E-state index is -0.538. The van der Waals surface area contributed by atoms with Crippen molar-refractivity contribution in [2.24, 2.45) is 0 Å². The molecule has 4 nitrogen and oxygen atoms in total. The van der Waals surface area contributed by atoms with Crippen LogP contribution in [0.5, 0.6) is 0 Å². The van der Waals surface area contributed by atoms with Crippen molar-refractivity contribution in [3.8, 4) is 0 Å². The second kappa shape index (κ2) is 4.72. The van der Waals surface area contributed by atoms with E-state index >= 15 is 0 Å². The number of aliphatic hydroxyl groups is 1. The molecule has 4 heteroatoms. The molecule has 1 heterocycles. The van der Waals surface area contributed by atoms with E-state index in [4.69, 9.17) is 0 Å². The Morgan fingerprint density at radius 1 is 1.05 bits per heavy atom. The quantitative estimate of drug-likeness (QED) is 0.869. The molecule has 1 aliphatic rings. The van der Waals surface area contributed by atoms with Crippen molar-refractivity contribution in [3.05, 3.63) is 47.5 Å². The zero-order chi connectivity index (χ0) is 14.3. The van der Waals surface area contributed by atoms with E-state index in [1.165, 1.54) is 4.90 Å². The Bertz CT molecular complexity index is 655. The lowest BCUT2D eigenvalue weighted by Crippen LogP contribution is -2.41. The van der Waals surface area contributed by atoms with E-state index in [0.717, 1.165) is 10.8 Å². The second-order valence-corrected chi connectivity index (χ2v) is 5.11. The Labute approximate surface area is 116 Å². The van der Waals surface area contributed by atoms with Crippen molar-refractivity contribution in [3.63, 3.8) is 0 Å². The summed E-state index contributed by atoms with van der Waals surface area (Å²) in [7, 11) is 0. The van der Waals surface area contributed by atoms with Gasteiger partial charge in [-0.15, -0.1) is 0 Å². The number of hydrogen-bond acceptors (Lipinski definition) is 3. The number of imide groups is 1. The Hall–Kier alpha value is -2.20. The highest BCUT2D eigenvalue weighted by Gasteiger charge is 2.32. The van der Waals surface area contributed by atoms with E-state index < -0.39 is 6.10 Å². The van der Waals surface area contributed by atoms with Crippen LogP contribution in [-0.2, 0) is 0 Å². The average Bonchev–Trinajstić information content (AvgIpc) is 2.44. The molecule has 3 rings (SSSR count). The predicted octanol–water partition coefficient (Wildman–Crippen LogP) is 2.21. The molecule has 0 radical (unpaired) electrons. The number of benzene rings is 2. The molecule has 1 aliphatic heterocycles. The van der Waals surface area contributed by atoms with Crippen LogP contribution < -0.4 is 0 Å². The van der Waals surface area contributed by atoms with E-state index in [0.29, 0.717) is 17.5 Å². The second-order valence-electron chi connectivity index (χ2n) is 5.11. The number of amides is 2. The van der Waals surface area contributed by atoms with Gasteiger partial charge in [0.05, 0.1) is 6.10 Å². The smallest absolute Gasteiger partial charge is 0.261 e. The molecule has 1 unspecified atom stereocenters. The summed E-state index contributed by atoms with van der Waals surface area (Å²) in [5.74, 6) is -0.556. The Balaban J connectivity index is 2.11. The lowest BCUT2D eigenvalue weighted by Gasteiger charge is -2.27. The van der Waals surface area contributed by atoms with Gasteiger partial charge < -0.3 is 5.11 Å². The third-order valence-corrected chi connectivity index (χ3v) is 3.63. The van der Waals surface area contributed by atoms with E-state index in [1.807, 2.05) is 24.3 Å². The lowest BCUT2D eigenvalue weighted by molar-refractivity contribution is 0.0585. The SMILES string of the molecule is CC(O)CCN1C(=O)c2cccc3cccc(c23)C1=O. The molecule has 102 valence electrons. The summed E-state index contributed by atoms with van der Waals surface area (Å²) in [5.41, 5.74) is 1.12. The van der Waals surface area contributed by atoms with Crippen molar-refractivity contribution >= 4 is 22.6 Å². The molecule has 0 aliphatic carbocycles. The van der Waals surface area contributed by atoms with Gasteiger partial charge in [0.25, 0.3) is 11.8 Å². The number of aliphatic hydroxyl groups excluding tert-OH is 1. The fourth-order valence-electron chi connectivity index (χ4n) is 2.60. The first-order valence-corrected chi connectivity index (χ1v) is 6.65. The summed E-state index contributed by atoms with van der Waals surface area (Å²) in [6.07, 6.45) is -0.154. The average molecular weight is 269 g/mol. The van der Waals surface area contributed by atoms with Gasteiger partial charge in [-0.05, 0) is 30.9 Å². The van der Waals surface area contributed by atoms with Crippen LogP contribution in [0.2, 0.25) is 0 Å². The van der Waals surface area contributed by atoms with Gasteiger partial charge in [0, 0.05) is 23.1 Å². The van der Waals surface area contributed by atoms with Crippen LogP contribution in [0, 0.1) is 0 Å². The minimum absolute atomic E-state index is 0.236. The van der Waals surface area contributed by atoms with E-state index in [9.17, 15) is 14.7 Å². The maximum Gasteiger partial charge on any atom is 0.261 e. The largest absolute Gasteiger partial charge is 0.393 e. The number of carbonyl (C=O) groups is 2. The summed E-state index contributed by atoms with van der Waals surface area (Å²) in [5, 5.41) is 11.0. The molecule has 2 amide bonds. The molecule has 1 atom stereocenters. The van der Waals surface area contributed by atoms with Gasteiger partial charge in [-0.25, -0.2) is 0 Å². The standard InChI is InChI=1S/C16H15NO3/c1-10(18)8-9-17-15(19)12-6-2-4-11-5-3-7-13(14(11)12)16(17)20/h2-7,10,18H,8-9H2,1H3. The maximum atomic E-state index is 12.4. The lowest BCUT2D eigenvalue weighted by atomic mass is 9.94. The summed E-state index contributed by atoms with van der Waals surface area (Å²) < 4.78 is 0. The minimum Gasteiger partial charge on any atom is -0.393 e. The summed E-state index contributed by atoms with van der Waals surface area (Å²) in [4.78, 5) is 26.1. The molecule has 0 saturated carbocycles. The van der Waals surface area contributed by atoms with Crippen LogP contribution in [-0.4, -0.2) is 34.5 Å². The summed E-state index contributed by atoms with van der Waals surface area (Å²) in [6.45, 7) is 1.88. The molecule has 0 bridgehead atoms. The fourth-order valence-corrected chi connectivity index (χ4v) is 2.60. The van der Waals surface area contributed by atoms with Crippen molar-refractivity contribution in [1.82, 2.24) is 4.90 Å². The fraction of sp³-hybridized carbons (Fsp3) is 0.250. The van der Waals surface area contributed by atoms with Crippen LogP contribution in [0.3, 0.4) is 0 Å². The van der Waals surface area contributed by atoms with Crippen molar-refractivity contribution in [1.29, 1.82) is 0 Å². The van der Waals surface area contributed by atoms with Crippen LogP contribution in [0.4, 0.5) is 0 Å². The number of rotatable bonds is 3.